The van der Waals surface area contributed by atoms with Gasteiger partial charge in [0.1, 0.15) is 19.0 Å². The average molecular weight is 486 g/mol. The smallest absolute Gasteiger partial charge is 0.301 e. The first-order valence-electron chi connectivity index (χ1n) is 11.0. The van der Waals surface area contributed by atoms with Gasteiger partial charge in [-0.05, 0) is 54.4 Å². The summed E-state index contributed by atoms with van der Waals surface area (Å²) in [6.45, 7) is 2.80. The summed E-state index contributed by atoms with van der Waals surface area (Å²) in [5, 5.41) is 11.7. The van der Waals surface area contributed by atoms with Crippen LogP contribution in [0, 0.1) is 6.92 Å². The minimum absolute atomic E-state index is 0.0323. The molecule has 2 aromatic heterocycles. The van der Waals surface area contributed by atoms with Crippen LogP contribution in [0.4, 0.5) is 5.13 Å². The molecule has 2 aliphatic heterocycles. The number of ether oxygens (including phenoxy) is 2. The number of amides is 1. The minimum atomic E-state index is -0.890. The maximum absolute atomic E-state index is 13.3. The van der Waals surface area contributed by atoms with Crippen molar-refractivity contribution in [2.24, 2.45) is 0 Å². The van der Waals surface area contributed by atoms with E-state index in [0.717, 1.165) is 15.8 Å². The fourth-order valence-corrected chi connectivity index (χ4v) is 5.44. The number of fused-ring (bicyclic) bond motifs is 2. The Balaban J connectivity index is 1.53. The van der Waals surface area contributed by atoms with Gasteiger partial charge in [0.25, 0.3) is 5.78 Å². The third-order valence-corrected chi connectivity index (χ3v) is 7.02. The van der Waals surface area contributed by atoms with Gasteiger partial charge in [0.15, 0.2) is 16.6 Å². The number of thiazole rings is 1. The minimum Gasteiger partial charge on any atom is -0.507 e. The zero-order chi connectivity index (χ0) is 24.1. The molecule has 0 spiro atoms. The number of rotatable bonds is 3. The number of pyridine rings is 1. The van der Waals surface area contributed by atoms with Crippen LogP contribution in [0.2, 0.25) is 0 Å². The van der Waals surface area contributed by atoms with Gasteiger partial charge in [-0.2, -0.15) is 0 Å². The third kappa shape index (κ3) is 3.52. The molecule has 0 radical (unpaired) electrons. The number of carbonyl (C=O) groups excluding carboxylic acids is 2. The van der Waals surface area contributed by atoms with Crippen LogP contribution in [-0.4, -0.2) is 40.0 Å². The maximum Gasteiger partial charge on any atom is 0.301 e. The lowest BCUT2D eigenvalue weighted by molar-refractivity contribution is -0.132. The first-order chi connectivity index (χ1) is 17.0. The lowest BCUT2D eigenvalue weighted by atomic mass is 9.96. The zero-order valence-corrected chi connectivity index (χ0v) is 19.4. The Labute approximate surface area is 204 Å². The molecule has 0 saturated carbocycles. The van der Waals surface area contributed by atoms with Crippen molar-refractivity contribution in [1.29, 1.82) is 0 Å². The van der Waals surface area contributed by atoms with Crippen molar-refractivity contribution < 1.29 is 24.2 Å². The highest BCUT2D eigenvalue weighted by atomic mass is 32.1. The van der Waals surface area contributed by atoms with Crippen molar-refractivity contribution in [1.82, 2.24) is 9.97 Å². The topological polar surface area (TPSA) is 102 Å². The lowest BCUT2D eigenvalue weighted by Crippen LogP contribution is -2.29. The SMILES string of the molecule is Cc1ccc2nc(N3C(=O)C(=O)/C(=C(/O)c4ccc5c(c4)OCCO5)[C@@H]3c3cccnc3)sc2c1. The molecule has 1 amide bonds. The van der Waals surface area contributed by atoms with Gasteiger partial charge in [-0.1, -0.05) is 23.5 Å². The lowest BCUT2D eigenvalue weighted by Gasteiger charge is -2.23. The van der Waals surface area contributed by atoms with Crippen LogP contribution in [0.5, 0.6) is 11.5 Å². The van der Waals surface area contributed by atoms with Gasteiger partial charge in [-0.15, -0.1) is 0 Å². The highest BCUT2D eigenvalue weighted by Crippen LogP contribution is 2.45. The van der Waals surface area contributed by atoms with Crippen molar-refractivity contribution in [3.63, 3.8) is 0 Å². The summed E-state index contributed by atoms with van der Waals surface area (Å²) in [4.78, 5) is 36.8. The van der Waals surface area contributed by atoms with Crippen LogP contribution >= 0.6 is 11.3 Å². The first-order valence-corrected chi connectivity index (χ1v) is 11.8. The summed E-state index contributed by atoms with van der Waals surface area (Å²) in [5.74, 6) is -0.820. The van der Waals surface area contributed by atoms with E-state index >= 15 is 0 Å². The molecule has 0 unspecified atom stereocenters. The Morgan fingerprint density at radius 1 is 1.09 bits per heavy atom. The molecule has 2 aromatic carbocycles. The molecular weight excluding hydrogens is 466 g/mol. The van der Waals surface area contributed by atoms with Gasteiger partial charge in [-0.3, -0.25) is 19.5 Å². The normalized spacial score (nSPS) is 18.9. The summed E-state index contributed by atoms with van der Waals surface area (Å²) >= 11 is 1.32. The Bertz CT molecular complexity index is 1530. The Hall–Kier alpha value is -4.24. The Kier molecular flexibility index (Phi) is 5.00. The third-order valence-electron chi connectivity index (χ3n) is 6.00. The summed E-state index contributed by atoms with van der Waals surface area (Å²) in [7, 11) is 0. The second-order valence-electron chi connectivity index (χ2n) is 8.28. The van der Waals surface area contributed by atoms with Gasteiger partial charge in [0.2, 0.25) is 0 Å². The number of aromatic nitrogens is 2. The number of hydrogen-bond donors (Lipinski definition) is 1. The van der Waals surface area contributed by atoms with E-state index in [9.17, 15) is 14.7 Å². The van der Waals surface area contributed by atoms with E-state index in [1.807, 2.05) is 25.1 Å². The number of nitrogens with zero attached hydrogens (tertiary/aromatic N) is 3. The molecule has 4 aromatic rings. The highest BCUT2D eigenvalue weighted by molar-refractivity contribution is 7.22. The zero-order valence-electron chi connectivity index (χ0n) is 18.6. The fourth-order valence-electron chi connectivity index (χ4n) is 4.35. The number of aryl methyl sites for hydroxylation is 1. The standard InChI is InChI=1S/C26H19N3O5S/c1-14-4-6-17-20(11-14)35-26(28-17)29-22(16-3-2-8-27-13-16)21(24(31)25(29)32)23(30)15-5-7-18-19(12-15)34-10-9-33-18/h2-8,11-13,22,30H,9-10H2,1H3/b23-21+/t22-/m0/s1. The predicted octanol–water partition coefficient (Wildman–Crippen LogP) is 4.40. The van der Waals surface area contributed by atoms with Crippen LogP contribution in [0.25, 0.3) is 16.0 Å². The van der Waals surface area contributed by atoms with Gasteiger partial charge >= 0.3 is 5.91 Å². The molecule has 1 N–H and O–H groups in total. The molecule has 1 saturated heterocycles. The van der Waals surface area contributed by atoms with E-state index in [4.69, 9.17) is 9.47 Å². The highest BCUT2D eigenvalue weighted by Gasteiger charge is 2.48. The number of benzene rings is 2. The van der Waals surface area contributed by atoms with Gasteiger partial charge in [-0.25, -0.2) is 4.98 Å². The Morgan fingerprint density at radius 2 is 1.91 bits per heavy atom. The number of aliphatic hydroxyl groups excluding tert-OH is 1. The molecule has 4 heterocycles. The number of hydrogen-bond acceptors (Lipinski definition) is 8. The summed E-state index contributed by atoms with van der Waals surface area (Å²) in [6.07, 6.45) is 3.19. The Morgan fingerprint density at radius 3 is 2.71 bits per heavy atom. The molecule has 6 rings (SSSR count). The van der Waals surface area contributed by atoms with Gasteiger partial charge in [0, 0.05) is 18.0 Å². The molecular formula is C26H19N3O5S. The van der Waals surface area contributed by atoms with Crippen molar-refractivity contribution in [2.75, 3.05) is 18.1 Å². The number of ketones is 1. The number of Topliss-reactive ketones (excluding diaryl/α,β-unsaturated/α-hetero) is 1. The molecule has 0 aliphatic carbocycles. The van der Waals surface area contributed by atoms with E-state index in [1.165, 1.54) is 16.2 Å². The summed E-state index contributed by atoms with van der Waals surface area (Å²) in [6, 6.07) is 13.3. The monoisotopic (exact) mass is 485 g/mol. The quantitative estimate of drug-likeness (QED) is 0.261. The first kappa shape index (κ1) is 21.3. The van der Waals surface area contributed by atoms with Gasteiger partial charge < -0.3 is 14.6 Å². The predicted molar refractivity (Wildman–Crippen MR) is 131 cm³/mol. The molecule has 174 valence electrons. The van der Waals surface area contributed by atoms with Crippen LogP contribution in [-0.2, 0) is 9.59 Å². The van der Waals surface area contributed by atoms with E-state index < -0.39 is 17.7 Å². The largest absolute Gasteiger partial charge is 0.507 e. The second-order valence-corrected chi connectivity index (χ2v) is 9.29. The average Bonchev–Trinajstić information content (AvgIpc) is 3.41. The van der Waals surface area contributed by atoms with E-state index in [0.29, 0.717) is 41.0 Å². The number of carbonyl (C=O) groups is 2. The molecule has 0 bridgehead atoms. The van der Waals surface area contributed by atoms with Crippen LogP contribution in [0.1, 0.15) is 22.7 Å². The van der Waals surface area contributed by atoms with E-state index in [2.05, 4.69) is 9.97 Å². The molecule has 2 aliphatic rings. The van der Waals surface area contributed by atoms with E-state index in [-0.39, 0.29) is 11.3 Å². The van der Waals surface area contributed by atoms with Crippen LogP contribution in [0.15, 0.2) is 66.5 Å². The fraction of sp³-hybridized carbons (Fsp3) is 0.154. The van der Waals surface area contributed by atoms with Crippen LogP contribution in [0.3, 0.4) is 0 Å². The molecule has 9 heteroatoms. The van der Waals surface area contributed by atoms with Crippen LogP contribution < -0.4 is 14.4 Å². The van der Waals surface area contributed by atoms with Crippen molar-refractivity contribution >= 4 is 44.1 Å². The summed E-state index contributed by atoms with van der Waals surface area (Å²) < 4.78 is 12.1. The van der Waals surface area contributed by atoms with Crippen molar-refractivity contribution in [3.05, 3.63) is 83.2 Å². The maximum atomic E-state index is 13.3. The number of anilines is 1. The second kappa shape index (κ2) is 8.21. The molecule has 1 atom stereocenters. The van der Waals surface area contributed by atoms with Crippen molar-refractivity contribution in [3.8, 4) is 11.5 Å². The molecule has 35 heavy (non-hydrogen) atoms. The number of aliphatic hydroxyl groups is 1. The van der Waals surface area contributed by atoms with E-state index in [1.54, 1.807) is 42.7 Å². The van der Waals surface area contributed by atoms with Crippen molar-refractivity contribution in [2.45, 2.75) is 13.0 Å². The summed E-state index contributed by atoms with van der Waals surface area (Å²) in [5.41, 5.74) is 2.70. The molecule has 1 fully saturated rings. The van der Waals surface area contributed by atoms with Gasteiger partial charge in [0.05, 0.1) is 21.8 Å². The molecule has 8 nitrogen and oxygen atoms in total.